The van der Waals surface area contributed by atoms with Gasteiger partial charge in [0.05, 0.1) is 23.4 Å². The molecule has 1 heterocycles. The monoisotopic (exact) mass is 370 g/mol. The lowest BCUT2D eigenvalue weighted by molar-refractivity contribution is 0.413. The molecule has 0 spiro atoms. The van der Waals surface area contributed by atoms with Crippen LogP contribution in [0.4, 0.5) is 0 Å². The molecule has 3 rings (SSSR count). The Kier molecular flexibility index (Phi) is 4.21. The zero-order chi connectivity index (χ0) is 16.4. The first-order chi connectivity index (χ1) is 11.1. The molecule has 0 aliphatic rings. The third kappa shape index (κ3) is 3.00. The molecule has 0 saturated heterocycles. The van der Waals surface area contributed by atoms with Gasteiger partial charge in [-0.25, -0.2) is 4.68 Å². The Hall–Kier alpha value is -2.53. The molecule has 0 aliphatic carbocycles. The highest BCUT2D eigenvalue weighted by atomic mass is 79.9. The van der Waals surface area contributed by atoms with Crippen LogP contribution in [-0.4, -0.2) is 16.9 Å². The highest BCUT2D eigenvalue weighted by Gasteiger charge is 2.06. The van der Waals surface area contributed by atoms with Crippen LogP contribution in [0.3, 0.4) is 0 Å². The number of hydrogen-bond acceptors (Lipinski definition) is 2. The van der Waals surface area contributed by atoms with Crippen molar-refractivity contribution in [3.63, 3.8) is 0 Å². The number of methoxy groups -OCH3 is 1. The third-order valence-electron chi connectivity index (χ3n) is 3.51. The van der Waals surface area contributed by atoms with Crippen molar-refractivity contribution in [3.05, 3.63) is 79.5 Å². The van der Waals surface area contributed by atoms with E-state index in [0.717, 1.165) is 15.7 Å². The SMILES string of the molecule is C=c1[nH]n(-c2ccccc2)c(=O)/c1=C/c1cc(Br)ccc1OC. The van der Waals surface area contributed by atoms with Crippen LogP contribution in [0.25, 0.3) is 18.3 Å². The number of para-hydroxylation sites is 1. The molecule has 5 heteroatoms. The fourth-order valence-corrected chi connectivity index (χ4v) is 2.76. The summed E-state index contributed by atoms with van der Waals surface area (Å²) in [4.78, 5) is 12.7. The number of halogens is 1. The van der Waals surface area contributed by atoms with E-state index < -0.39 is 0 Å². The zero-order valence-corrected chi connectivity index (χ0v) is 14.1. The van der Waals surface area contributed by atoms with E-state index in [1.165, 1.54) is 4.68 Å². The Morgan fingerprint density at radius 2 is 1.96 bits per heavy atom. The van der Waals surface area contributed by atoms with Crippen LogP contribution in [0.1, 0.15) is 5.56 Å². The summed E-state index contributed by atoms with van der Waals surface area (Å²) in [6.07, 6.45) is 1.78. The molecule has 0 aliphatic heterocycles. The molecule has 0 atom stereocenters. The van der Waals surface area contributed by atoms with Crippen LogP contribution >= 0.6 is 15.9 Å². The van der Waals surface area contributed by atoms with E-state index in [4.69, 9.17) is 4.74 Å². The van der Waals surface area contributed by atoms with Crippen LogP contribution in [-0.2, 0) is 0 Å². The number of aromatic amines is 1. The molecule has 0 bridgehead atoms. The second-order valence-electron chi connectivity index (χ2n) is 5.01. The maximum Gasteiger partial charge on any atom is 0.279 e. The normalized spacial score (nSPS) is 11.7. The van der Waals surface area contributed by atoms with Crippen molar-refractivity contribution >= 4 is 28.6 Å². The van der Waals surface area contributed by atoms with Gasteiger partial charge in [0, 0.05) is 10.0 Å². The van der Waals surface area contributed by atoms with E-state index in [2.05, 4.69) is 27.6 Å². The molecule has 3 aromatic rings. The molecule has 2 aromatic carbocycles. The molecule has 1 aromatic heterocycles. The standard InChI is InChI=1S/C18H15BrN2O2/c1-12-16(11-13-10-14(19)8-9-17(13)23-2)18(22)21(20-12)15-6-4-3-5-7-15/h3-11,20H,1H2,2H3/b16-11+. The number of ether oxygens (including phenoxy) is 1. The highest BCUT2D eigenvalue weighted by Crippen LogP contribution is 2.23. The van der Waals surface area contributed by atoms with Crippen LogP contribution in [0.2, 0.25) is 0 Å². The minimum atomic E-state index is -0.150. The van der Waals surface area contributed by atoms with E-state index in [1.54, 1.807) is 13.2 Å². The van der Waals surface area contributed by atoms with Gasteiger partial charge in [0.1, 0.15) is 5.75 Å². The van der Waals surface area contributed by atoms with Crippen molar-refractivity contribution in [2.24, 2.45) is 0 Å². The topological polar surface area (TPSA) is 47.0 Å². The van der Waals surface area contributed by atoms with Crippen molar-refractivity contribution in [2.45, 2.75) is 0 Å². The molecule has 1 N–H and O–H groups in total. The number of hydrogen-bond donors (Lipinski definition) is 1. The summed E-state index contributed by atoms with van der Waals surface area (Å²) >= 11 is 3.44. The maximum atomic E-state index is 12.7. The minimum Gasteiger partial charge on any atom is -0.496 e. The number of nitrogens with zero attached hydrogens (tertiary/aromatic N) is 1. The summed E-state index contributed by atoms with van der Waals surface area (Å²) in [6, 6.07) is 15.0. The van der Waals surface area contributed by atoms with Crippen molar-refractivity contribution < 1.29 is 4.74 Å². The summed E-state index contributed by atoms with van der Waals surface area (Å²) in [5, 5.41) is 4.07. The lowest BCUT2D eigenvalue weighted by Gasteiger charge is -2.04. The van der Waals surface area contributed by atoms with E-state index >= 15 is 0 Å². The van der Waals surface area contributed by atoms with Gasteiger partial charge in [-0.05, 0) is 36.4 Å². The first-order valence-electron chi connectivity index (χ1n) is 7.01. The lowest BCUT2D eigenvalue weighted by Crippen LogP contribution is -2.34. The second-order valence-corrected chi connectivity index (χ2v) is 5.93. The molecule has 23 heavy (non-hydrogen) atoms. The maximum absolute atomic E-state index is 12.7. The van der Waals surface area contributed by atoms with Gasteiger partial charge in [0.2, 0.25) is 0 Å². The predicted octanol–water partition coefficient (Wildman–Crippen LogP) is 2.18. The highest BCUT2D eigenvalue weighted by molar-refractivity contribution is 9.10. The van der Waals surface area contributed by atoms with Crippen molar-refractivity contribution in [1.82, 2.24) is 9.78 Å². The van der Waals surface area contributed by atoms with Gasteiger partial charge in [-0.3, -0.25) is 9.89 Å². The number of rotatable bonds is 3. The molecule has 4 nitrogen and oxygen atoms in total. The Labute approximate surface area is 141 Å². The van der Waals surface area contributed by atoms with Gasteiger partial charge in [0.25, 0.3) is 5.56 Å². The van der Waals surface area contributed by atoms with Crippen LogP contribution in [0.15, 0.2) is 57.8 Å². The lowest BCUT2D eigenvalue weighted by atomic mass is 10.1. The molecule has 0 unspecified atom stereocenters. The van der Waals surface area contributed by atoms with E-state index in [-0.39, 0.29) is 5.56 Å². The number of H-pyrrole nitrogens is 1. The van der Waals surface area contributed by atoms with Crippen LogP contribution < -0.4 is 20.9 Å². The summed E-state index contributed by atoms with van der Waals surface area (Å²) in [5.74, 6) is 0.694. The first-order valence-corrected chi connectivity index (χ1v) is 7.80. The van der Waals surface area contributed by atoms with Gasteiger partial charge in [0.15, 0.2) is 0 Å². The Morgan fingerprint density at radius 3 is 2.65 bits per heavy atom. The van der Waals surface area contributed by atoms with E-state index in [0.29, 0.717) is 16.3 Å². The molecule has 116 valence electrons. The fraction of sp³-hybridized carbons (Fsp3) is 0.0556. The van der Waals surface area contributed by atoms with Gasteiger partial charge >= 0.3 is 0 Å². The predicted molar refractivity (Wildman–Crippen MR) is 95.4 cm³/mol. The Balaban J connectivity index is 2.23. The van der Waals surface area contributed by atoms with E-state index in [9.17, 15) is 4.79 Å². The third-order valence-corrected chi connectivity index (χ3v) is 4.00. The molecule has 0 radical (unpaired) electrons. The van der Waals surface area contributed by atoms with Crippen molar-refractivity contribution in [3.8, 4) is 11.4 Å². The van der Waals surface area contributed by atoms with Crippen molar-refractivity contribution in [1.29, 1.82) is 0 Å². The smallest absolute Gasteiger partial charge is 0.279 e. The first kappa shape index (κ1) is 15.4. The summed E-state index contributed by atoms with van der Waals surface area (Å²) in [6.45, 7) is 3.94. The molecular weight excluding hydrogens is 356 g/mol. The van der Waals surface area contributed by atoms with Crippen LogP contribution in [0.5, 0.6) is 5.75 Å². The van der Waals surface area contributed by atoms with Gasteiger partial charge in [-0.2, -0.15) is 0 Å². The summed E-state index contributed by atoms with van der Waals surface area (Å²) in [7, 11) is 1.60. The molecular formula is C18H15BrN2O2. The number of aromatic nitrogens is 2. The summed E-state index contributed by atoms with van der Waals surface area (Å²) in [5.41, 5.74) is 1.43. The number of nitrogens with one attached hydrogen (secondary N) is 1. The van der Waals surface area contributed by atoms with E-state index in [1.807, 2.05) is 48.5 Å². The fourth-order valence-electron chi connectivity index (χ4n) is 2.38. The number of benzene rings is 2. The average Bonchev–Trinajstić information content (AvgIpc) is 2.84. The minimum absolute atomic E-state index is 0.150. The molecule has 0 amide bonds. The Bertz CT molecular complexity index is 1000. The Morgan fingerprint density at radius 1 is 1.22 bits per heavy atom. The molecule has 0 saturated carbocycles. The van der Waals surface area contributed by atoms with Crippen molar-refractivity contribution in [2.75, 3.05) is 7.11 Å². The van der Waals surface area contributed by atoms with Gasteiger partial charge in [-0.15, -0.1) is 0 Å². The summed E-state index contributed by atoms with van der Waals surface area (Å²) < 4.78 is 7.75. The average molecular weight is 371 g/mol. The quantitative estimate of drug-likeness (QED) is 0.767. The van der Waals surface area contributed by atoms with Crippen LogP contribution in [0, 0.1) is 0 Å². The second kappa shape index (κ2) is 6.30. The van der Waals surface area contributed by atoms with Gasteiger partial charge in [-0.1, -0.05) is 40.7 Å². The molecule has 0 fully saturated rings. The largest absolute Gasteiger partial charge is 0.496 e. The zero-order valence-electron chi connectivity index (χ0n) is 12.5. The van der Waals surface area contributed by atoms with Gasteiger partial charge < -0.3 is 4.74 Å².